The summed E-state index contributed by atoms with van der Waals surface area (Å²) in [5.74, 6) is -0.535. The van der Waals surface area contributed by atoms with Crippen LogP contribution in [0.5, 0.6) is 0 Å². The van der Waals surface area contributed by atoms with Crippen LogP contribution >= 0.6 is 0 Å². The zero-order valence-corrected chi connectivity index (χ0v) is 20.6. The van der Waals surface area contributed by atoms with Gasteiger partial charge in [0, 0.05) is 30.6 Å². The Morgan fingerprint density at radius 1 is 0.917 bits per heavy atom. The molecule has 0 bridgehead atoms. The summed E-state index contributed by atoms with van der Waals surface area (Å²) in [7, 11) is 0. The molecule has 0 aliphatic carbocycles. The molecule has 1 heterocycles. The number of rotatable bonds is 8. The first kappa shape index (κ1) is 26.2. The molecule has 36 heavy (non-hydrogen) atoms. The number of aromatic nitrogens is 1. The number of nitrogens with one attached hydrogen (secondary N) is 3. The zero-order chi connectivity index (χ0) is 26.0. The van der Waals surface area contributed by atoms with E-state index in [1.807, 2.05) is 12.1 Å². The van der Waals surface area contributed by atoms with E-state index < -0.39 is 11.7 Å². The van der Waals surface area contributed by atoms with Gasteiger partial charge in [0.05, 0.1) is 11.4 Å². The van der Waals surface area contributed by atoms with Gasteiger partial charge in [-0.2, -0.15) is 0 Å². The number of nitrogens with zero attached hydrogens (tertiary/aromatic N) is 1. The van der Waals surface area contributed by atoms with E-state index in [1.54, 1.807) is 87.8 Å². The summed E-state index contributed by atoms with van der Waals surface area (Å²) < 4.78 is 5.28. The molecule has 0 saturated carbocycles. The van der Waals surface area contributed by atoms with Gasteiger partial charge in [0.25, 0.3) is 5.91 Å². The Morgan fingerprint density at radius 2 is 1.61 bits per heavy atom. The van der Waals surface area contributed by atoms with Gasteiger partial charge in [0.15, 0.2) is 0 Å². The van der Waals surface area contributed by atoms with Gasteiger partial charge in [0.2, 0.25) is 5.91 Å². The fourth-order valence-electron chi connectivity index (χ4n) is 3.16. The van der Waals surface area contributed by atoms with E-state index in [1.165, 1.54) is 6.08 Å². The maximum absolute atomic E-state index is 12.8. The van der Waals surface area contributed by atoms with Crippen LogP contribution in [0.15, 0.2) is 79.1 Å². The fourth-order valence-corrected chi connectivity index (χ4v) is 3.16. The molecule has 3 amide bonds. The Kier molecular flexibility index (Phi) is 8.94. The smallest absolute Gasteiger partial charge is 0.412 e. The van der Waals surface area contributed by atoms with Gasteiger partial charge in [-0.25, -0.2) is 4.79 Å². The topological polar surface area (TPSA) is 109 Å². The average molecular weight is 487 g/mol. The summed E-state index contributed by atoms with van der Waals surface area (Å²) in [5, 5.41) is 8.30. The van der Waals surface area contributed by atoms with Gasteiger partial charge in [-0.3, -0.25) is 19.9 Å². The lowest BCUT2D eigenvalue weighted by atomic mass is 10.1. The van der Waals surface area contributed by atoms with Crippen LogP contribution in [0, 0.1) is 0 Å². The molecule has 3 rings (SSSR count). The normalized spacial score (nSPS) is 11.1. The number of carbonyl (C=O) groups is 3. The Hall–Kier alpha value is -4.46. The van der Waals surface area contributed by atoms with E-state index >= 15 is 0 Å². The minimum absolute atomic E-state index is 0.199. The average Bonchev–Trinajstić information content (AvgIpc) is 2.84. The Bertz CT molecular complexity index is 1220. The molecule has 8 heteroatoms. The molecular weight excluding hydrogens is 456 g/mol. The lowest BCUT2D eigenvalue weighted by Crippen LogP contribution is -2.27. The summed E-state index contributed by atoms with van der Waals surface area (Å²) in [6, 6.07) is 17.5. The van der Waals surface area contributed by atoms with E-state index in [9.17, 15) is 14.4 Å². The first-order valence-corrected chi connectivity index (χ1v) is 11.5. The standard InChI is InChI=1S/C28H30N4O4/c1-28(2,3)36-27(35)32-24-9-5-4-8-23(24)31-26(34)22-13-10-20(11-14-22)12-15-25(33)30-18-16-21-7-6-17-29-19-21/h4-15,17,19H,16,18H2,1-3H3,(H,30,33)(H,31,34)(H,32,35)/b15-12+. The number of para-hydroxylation sites is 2. The molecule has 0 fully saturated rings. The molecule has 8 nitrogen and oxygen atoms in total. The van der Waals surface area contributed by atoms with Gasteiger partial charge in [-0.15, -0.1) is 0 Å². The van der Waals surface area contributed by atoms with E-state index in [0.29, 0.717) is 29.9 Å². The van der Waals surface area contributed by atoms with Crippen molar-refractivity contribution in [3.05, 3.63) is 95.8 Å². The third-order valence-electron chi connectivity index (χ3n) is 4.85. The van der Waals surface area contributed by atoms with Crippen LogP contribution in [0.4, 0.5) is 16.2 Å². The molecule has 0 saturated heterocycles. The van der Waals surface area contributed by atoms with E-state index in [4.69, 9.17) is 4.74 Å². The lowest BCUT2D eigenvalue weighted by molar-refractivity contribution is -0.116. The van der Waals surface area contributed by atoms with Gasteiger partial charge in [-0.05, 0) is 74.7 Å². The quantitative estimate of drug-likeness (QED) is 0.386. The number of pyridine rings is 1. The van der Waals surface area contributed by atoms with Crippen molar-refractivity contribution in [2.45, 2.75) is 32.8 Å². The molecule has 0 aliphatic heterocycles. The zero-order valence-electron chi connectivity index (χ0n) is 20.6. The third-order valence-corrected chi connectivity index (χ3v) is 4.85. The molecule has 2 aromatic carbocycles. The van der Waals surface area contributed by atoms with Gasteiger partial charge in [0.1, 0.15) is 5.60 Å². The molecule has 0 atom stereocenters. The van der Waals surface area contributed by atoms with E-state index in [-0.39, 0.29) is 11.8 Å². The summed E-state index contributed by atoms with van der Waals surface area (Å²) >= 11 is 0. The van der Waals surface area contributed by atoms with Crippen molar-refractivity contribution < 1.29 is 19.1 Å². The monoisotopic (exact) mass is 486 g/mol. The van der Waals surface area contributed by atoms with Crippen molar-refractivity contribution in [3.63, 3.8) is 0 Å². The van der Waals surface area contributed by atoms with Crippen LogP contribution in [0.25, 0.3) is 6.08 Å². The number of anilines is 2. The molecule has 1 aromatic heterocycles. The number of carbonyl (C=O) groups excluding carboxylic acids is 3. The third kappa shape index (κ3) is 8.72. The van der Waals surface area contributed by atoms with Crippen LogP contribution in [-0.4, -0.2) is 35.0 Å². The van der Waals surface area contributed by atoms with Crippen molar-refractivity contribution >= 4 is 35.4 Å². The Morgan fingerprint density at radius 3 is 2.25 bits per heavy atom. The van der Waals surface area contributed by atoms with Crippen molar-refractivity contribution in [2.24, 2.45) is 0 Å². The highest BCUT2D eigenvalue weighted by Crippen LogP contribution is 2.23. The van der Waals surface area contributed by atoms with Crippen molar-refractivity contribution in [3.8, 4) is 0 Å². The van der Waals surface area contributed by atoms with Crippen LogP contribution in [-0.2, 0) is 16.0 Å². The number of benzene rings is 2. The summed E-state index contributed by atoms with van der Waals surface area (Å²) in [6.07, 6.45) is 6.71. The largest absolute Gasteiger partial charge is 0.444 e. The molecule has 3 N–H and O–H groups in total. The fraction of sp³-hybridized carbons (Fsp3) is 0.214. The van der Waals surface area contributed by atoms with Crippen LogP contribution in [0.3, 0.4) is 0 Å². The minimum atomic E-state index is -0.640. The predicted octanol–water partition coefficient (Wildman–Crippen LogP) is 5.05. The highest BCUT2D eigenvalue weighted by Gasteiger charge is 2.17. The highest BCUT2D eigenvalue weighted by atomic mass is 16.6. The van der Waals surface area contributed by atoms with Crippen LogP contribution < -0.4 is 16.0 Å². The summed E-state index contributed by atoms with van der Waals surface area (Å²) in [6.45, 7) is 5.83. The second-order valence-electron chi connectivity index (χ2n) is 8.98. The lowest BCUT2D eigenvalue weighted by Gasteiger charge is -2.20. The maximum Gasteiger partial charge on any atom is 0.412 e. The maximum atomic E-state index is 12.8. The van der Waals surface area contributed by atoms with E-state index in [0.717, 1.165) is 11.1 Å². The minimum Gasteiger partial charge on any atom is -0.444 e. The molecule has 0 unspecified atom stereocenters. The summed E-state index contributed by atoms with van der Waals surface area (Å²) in [4.78, 5) is 41.0. The molecule has 0 radical (unpaired) electrons. The van der Waals surface area contributed by atoms with Crippen molar-refractivity contribution in [1.29, 1.82) is 0 Å². The van der Waals surface area contributed by atoms with Crippen molar-refractivity contribution in [1.82, 2.24) is 10.3 Å². The number of amides is 3. The molecule has 0 spiro atoms. The first-order chi connectivity index (χ1) is 17.2. The Labute approximate surface area is 210 Å². The predicted molar refractivity (Wildman–Crippen MR) is 141 cm³/mol. The second kappa shape index (κ2) is 12.3. The molecular formula is C28H30N4O4. The molecule has 3 aromatic rings. The number of hydrogen-bond donors (Lipinski definition) is 3. The van der Waals surface area contributed by atoms with Gasteiger partial charge < -0.3 is 15.4 Å². The molecule has 186 valence electrons. The Balaban J connectivity index is 1.53. The summed E-state index contributed by atoms with van der Waals surface area (Å²) in [5.41, 5.74) is 2.49. The van der Waals surface area contributed by atoms with Crippen LogP contribution in [0.2, 0.25) is 0 Å². The highest BCUT2D eigenvalue weighted by molar-refractivity contribution is 6.07. The van der Waals surface area contributed by atoms with Crippen molar-refractivity contribution in [2.75, 3.05) is 17.2 Å². The first-order valence-electron chi connectivity index (χ1n) is 11.5. The number of hydrogen-bond acceptors (Lipinski definition) is 5. The SMILES string of the molecule is CC(C)(C)OC(=O)Nc1ccccc1NC(=O)c1ccc(/C=C/C(=O)NCCc2cccnc2)cc1. The second-order valence-corrected chi connectivity index (χ2v) is 8.98. The molecule has 0 aliphatic rings. The van der Waals surface area contributed by atoms with Gasteiger partial charge >= 0.3 is 6.09 Å². The van der Waals surface area contributed by atoms with Gasteiger partial charge in [-0.1, -0.05) is 30.3 Å². The van der Waals surface area contributed by atoms with Crippen LogP contribution in [0.1, 0.15) is 42.3 Å². The van der Waals surface area contributed by atoms with E-state index in [2.05, 4.69) is 20.9 Å². The number of ether oxygens (including phenoxy) is 1.